The second-order valence-electron chi connectivity index (χ2n) is 6.43. The smallest absolute Gasteiger partial charge is 0.0917 e. The van der Waals surface area contributed by atoms with Gasteiger partial charge in [0.2, 0.25) is 0 Å². The van der Waals surface area contributed by atoms with Gasteiger partial charge in [-0.15, -0.1) is 0 Å². The van der Waals surface area contributed by atoms with Crippen LogP contribution in [-0.2, 0) is 0 Å². The molecule has 1 aliphatic heterocycles. The summed E-state index contributed by atoms with van der Waals surface area (Å²) in [7, 11) is 0. The van der Waals surface area contributed by atoms with Crippen molar-refractivity contribution in [1.29, 1.82) is 0 Å². The molecule has 1 unspecified atom stereocenters. The SMILES string of the molecule is Cc1ccc(N2CC(C)(O)CNCC2(C)C)cc1Br. The third kappa shape index (κ3) is 3.30. The van der Waals surface area contributed by atoms with Crippen LogP contribution in [0.5, 0.6) is 0 Å². The molecule has 19 heavy (non-hydrogen) atoms. The second kappa shape index (κ2) is 5.08. The van der Waals surface area contributed by atoms with E-state index >= 15 is 0 Å². The van der Waals surface area contributed by atoms with Crippen molar-refractivity contribution in [2.24, 2.45) is 0 Å². The Morgan fingerprint density at radius 1 is 1.26 bits per heavy atom. The average molecular weight is 327 g/mol. The quantitative estimate of drug-likeness (QED) is 0.832. The van der Waals surface area contributed by atoms with Crippen LogP contribution in [0.15, 0.2) is 22.7 Å². The van der Waals surface area contributed by atoms with Gasteiger partial charge < -0.3 is 15.3 Å². The Morgan fingerprint density at radius 2 is 1.95 bits per heavy atom. The van der Waals surface area contributed by atoms with Crippen LogP contribution in [0.2, 0.25) is 0 Å². The van der Waals surface area contributed by atoms with Crippen molar-refractivity contribution < 1.29 is 5.11 Å². The Labute approximate surface area is 124 Å². The molecule has 0 radical (unpaired) electrons. The molecule has 1 aromatic carbocycles. The van der Waals surface area contributed by atoms with E-state index in [9.17, 15) is 5.11 Å². The van der Waals surface area contributed by atoms with Crippen LogP contribution in [0.4, 0.5) is 5.69 Å². The average Bonchev–Trinajstić information content (AvgIpc) is 2.39. The van der Waals surface area contributed by atoms with Crippen LogP contribution >= 0.6 is 15.9 Å². The second-order valence-corrected chi connectivity index (χ2v) is 7.29. The molecule has 1 heterocycles. The molecule has 4 heteroatoms. The normalized spacial score (nSPS) is 27.2. The van der Waals surface area contributed by atoms with Crippen molar-refractivity contribution in [2.45, 2.75) is 38.8 Å². The first-order valence-electron chi connectivity index (χ1n) is 6.68. The van der Waals surface area contributed by atoms with Crippen molar-refractivity contribution in [3.05, 3.63) is 28.2 Å². The summed E-state index contributed by atoms with van der Waals surface area (Å²) in [5.74, 6) is 0. The van der Waals surface area contributed by atoms with E-state index in [4.69, 9.17) is 0 Å². The van der Waals surface area contributed by atoms with Crippen LogP contribution in [0.1, 0.15) is 26.3 Å². The Morgan fingerprint density at radius 3 is 2.58 bits per heavy atom. The summed E-state index contributed by atoms with van der Waals surface area (Å²) in [5.41, 5.74) is 1.62. The Kier molecular flexibility index (Phi) is 3.96. The lowest BCUT2D eigenvalue weighted by atomic mass is 9.99. The van der Waals surface area contributed by atoms with E-state index in [0.29, 0.717) is 13.1 Å². The fourth-order valence-corrected chi connectivity index (χ4v) is 2.90. The van der Waals surface area contributed by atoms with E-state index in [2.05, 4.69) is 65.1 Å². The summed E-state index contributed by atoms with van der Waals surface area (Å²) in [6.07, 6.45) is 0. The fraction of sp³-hybridized carbons (Fsp3) is 0.600. The molecule has 0 amide bonds. The molecule has 0 spiro atoms. The zero-order valence-electron chi connectivity index (χ0n) is 12.1. The zero-order valence-corrected chi connectivity index (χ0v) is 13.7. The number of hydrogen-bond acceptors (Lipinski definition) is 3. The van der Waals surface area contributed by atoms with Gasteiger partial charge in [0.15, 0.2) is 0 Å². The number of benzene rings is 1. The van der Waals surface area contributed by atoms with Gasteiger partial charge in [0.05, 0.1) is 5.60 Å². The van der Waals surface area contributed by atoms with E-state index in [1.807, 2.05) is 6.92 Å². The third-order valence-corrected chi connectivity index (χ3v) is 4.61. The number of aryl methyl sites for hydroxylation is 1. The molecule has 2 rings (SSSR count). The molecular weight excluding hydrogens is 304 g/mol. The van der Waals surface area contributed by atoms with Crippen LogP contribution in [0.3, 0.4) is 0 Å². The molecule has 106 valence electrons. The minimum atomic E-state index is -0.717. The number of rotatable bonds is 1. The molecule has 0 saturated carbocycles. The lowest BCUT2D eigenvalue weighted by Crippen LogP contribution is -2.51. The van der Waals surface area contributed by atoms with E-state index in [-0.39, 0.29) is 5.54 Å². The molecule has 2 N–H and O–H groups in total. The highest BCUT2D eigenvalue weighted by Gasteiger charge is 2.36. The standard InChI is InChI=1S/C15H23BrN2O/c1-11-5-6-12(7-13(11)16)18-10-15(4,19)9-17-8-14(18,2)3/h5-7,17,19H,8-10H2,1-4H3. The number of halogens is 1. The minimum Gasteiger partial charge on any atom is -0.387 e. The minimum absolute atomic E-state index is 0.0326. The number of aliphatic hydroxyl groups is 1. The topological polar surface area (TPSA) is 35.5 Å². The van der Waals surface area contributed by atoms with Gasteiger partial charge in [-0.25, -0.2) is 0 Å². The van der Waals surface area contributed by atoms with Crippen LogP contribution in [0, 0.1) is 6.92 Å². The lowest BCUT2D eigenvalue weighted by Gasteiger charge is -2.41. The largest absolute Gasteiger partial charge is 0.387 e. The Balaban J connectivity index is 2.39. The maximum atomic E-state index is 10.4. The van der Waals surface area contributed by atoms with E-state index < -0.39 is 5.60 Å². The van der Waals surface area contributed by atoms with Gasteiger partial charge in [-0.05, 0) is 45.4 Å². The van der Waals surface area contributed by atoms with Crippen LogP contribution in [-0.4, -0.2) is 35.9 Å². The molecule has 1 atom stereocenters. The highest BCUT2D eigenvalue weighted by atomic mass is 79.9. The van der Waals surface area contributed by atoms with Crippen molar-refractivity contribution >= 4 is 21.6 Å². The molecule has 0 aromatic heterocycles. The van der Waals surface area contributed by atoms with Crippen molar-refractivity contribution in [3.63, 3.8) is 0 Å². The lowest BCUT2D eigenvalue weighted by molar-refractivity contribution is 0.0720. The first-order chi connectivity index (χ1) is 8.71. The Hall–Kier alpha value is -0.580. The maximum Gasteiger partial charge on any atom is 0.0917 e. The highest BCUT2D eigenvalue weighted by molar-refractivity contribution is 9.10. The van der Waals surface area contributed by atoms with Gasteiger partial charge in [0, 0.05) is 35.3 Å². The summed E-state index contributed by atoms with van der Waals surface area (Å²) >= 11 is 3.59. The van der Waals surface area contributed by atoms with Gasteiger partial charge in [-0.2, -0.15) is 0 Å². The van der Waals surface area contributed by atoms with Gasteiger partial charge in [0.1, 0.15) is 0 Å². The molecule has 1 saturated heterocycles. The number of β-amino-alcohol motifs (C(OH)–C–C–N with tert-alkyl or cyclic N) is 1. The molecule has 0 aliphatic carbocycles. The summed E-state index contributed by atoms with van der Waals surface area (Å²) in [5, 5.41) is 13.8. The summed E-state index contributed by atoms with van der Waals surface area (Å²) in [4.78, 5) is 2.29. The first kappa shape index (κ1) is 14.8. The van der Waals surface area contributed by atoms with Crippen LogP contribution < -0.4 is 10.2 Å². The third-order valence-electron chi connectivity index (χ3n) is 3.76. The van der Waals surface area contributed by atoms with Crippen LogP contribution in [0.25, 0.3) is 0 Å². The zero-order chi connectivity index (χ0) is 14.3. The maximum absolute atomic E-state index is 10.4. The van der Waals surface area contributed by atoms with Gasteiger partial charge >= 0.3 is 0 Å². The number of nitrogens with one attached hydrogen (secondary N) is 1. The number of anilines is 1. The van der Waals surface area contributed by atoms with Crippen molar-refractivity contribution in [2.75, 3.05) is 24.5 Å². The monoisotopic (exact) mass is 326 g/mol. The van der Waals surface area contributed by atoms with Crippen molar-refractivity contribution in [3.8, 4) is 0 Å². The van der Waals surface area contributed by atoms with Crippen molar-refractivity contribution in [1.82, 2.24) is 5.32 Å². The van der Waals surface area contributed by atoms with E-state index in [1.54, 1.807) is 0 Å². The molecule has 1 aliphatic rings. The molecule has 1 aromatic rings. The summed E-state index contributed by atoms with van der Waals surface area (Å²) in [6, 6.07) is 6.38. The van der Waals surface area contributed by atoms with Gasteiger partial charge in [-0.1, -0.05) is 22.0 Å². The highest BCUT2D eigenvalue weighted by Crippen LogP contribution is 2.31. The molecule has 0 bridgehead atoms. The predicted octanol–water partition coefficient (Wildman–Crippen LogP) is 2.70. The van der Waals surface area contributed by atoms with E-state index in [0.717, 1.165) is 16.7 Å². The molecule has 3 nitrogen and oxygen atoms in total. The number of hydrogen-bond donors (Lipinski definition) is 2. The fourth-order valence-electron chi connectivity index (χ4n) is 2.53. The van der Waals surface area contributed by atoms with Gasteiger partial charge in [0.25, 0.3) is 0 Å². The molecular formula is C15H23BrN2O. The number of nitrogens with zero attached hydrogens (tertiary/aromatic N) is 1. The molecule has 1 fully saturated rings. The summed E-state index contributed by atoms with van der Waals surface area (Å²) in [6.45, 7) is 10.5. The van der Waals surface area contributed by atoms with E-state index in [1.165, 1.54) is 5.56 Å². The predicted molar refractivity (Wildman–Crippen MR) is 83.8 cm³/mol. The van der Waals surface area contributed by atoms with Gasteiger partial charge in [-0.3, -0.25) is 0 Å². The summed E-state index contributed by atoms with van der Waals surface area (Å²) < 4.78 is 1.11. The Bertz CT molecular complexity index is 471. The first-order valence-corrected chi connectivity index (χ1v) is 7.47.